The maximum Gasteiger partial charge on any atom is 0.226 e. The van der Waals surface area contributed by atoms with Crippen molar-refractivity contribution in [2.24, 2.45) is 0 Å². The Hall–Kier alpha value is -2.03. The van der Waals surface area contributed by atoms with Gasteiger partial charge in [-0.2, -0.15) is 0 Å². The molecule has 0 saturated heterocycles. The van der Waals surface area contributed by atoms with Gasteiger partial charge in [-0.3, -0.25) is 4.79 Å². The summed E-state index contributed by atoms with van der Waals surface area (Å²) in [5.74, 6) is 0.0361. The molecule has 0 fully saturated rings. The topological polar surface area (TPSA) is 44.9 Å². The van der Waals surface area contributed by atoms with E-state index in [1.165, 1.54) is 5.56 Å². The molecule has 0 radical (unpaired) electrons. The minimum atomic E-state index is 0.0361. The van der Waals surface area contributed by atoms with Crippen LogP contribution in [0.25, 0.3) is 0 Å². The highest BCUT2D eigenvalue weighted by Gasteiger charge is 2.03. The van der Waals surface area contributed by atoms with Gasteiger partial charge in [-0.1, -0.05) is 29.8 Å². The molecule has 2 aromatic rings. The Balaban J connectivity index is 1.84. The van der Waals surface area contributed by atoms with Crippen LogP contribution in [0.5, 0.6) is 0 Å². The van der Waals surface area contributed by atoms with E-state index < -0.39 is 0 Å². The van der Waals surface area contributed by atoms with Crippen molar-refractivity contribution < 1.29 is 4.79 Å². The Bertz CT molecular complexity index is 489. The van der Waals surface area contributed by atoms with E-state index in [4.69, 9.17) is 0 Å². The van der Waals surface area contributed by atoms with Crippen LogP contribution < -0.4 is 5.32 Å². The Kier molecular flexibility index (Phi) is 3.60. The summed E-state index contributed by atoms with van der Waals surface area (Å²) in [6, 6.07) is 11.9. The van der Waals surface area contributed by atoms with Crippen molar-refractivity contribution in [3.05, 3.63) is 59.4 Å². The first kappa shape index (κ1) is 11.5. The summed E-state index contributed by atoms with van der Waals surface area (Å²) in [5.41, 5.74) is 3.28. The quantitative estimate of drug-likeness (QED) is 0.827. The van der Waals surface area contributed by atoms with Crippen LogP contribution in [0.1, 0.15) is 16.8 Å². The highest BCUT2D eigenvalue weighted by molar-refractivity contribution is 5.78. The Morgan fingerprint density at radius 3 is 2.88 bits per heavy atom. The molecule has 0 bridgehead atoms. The second-order valence-corrected chi connectivity index (χ2v) is 4.14. The van der Waals surface area contributed by atoms with Gasteiger partial charge in [0.1, 0.15) is 0 Å². The van der Waals surface area contributed by atoms with Gasteiger partial charge in [0.15, 0.2) is 0 Å². The first-order valence-corrected chi connectivity index (χ1v) is 5.68. The molecule has 17 heavy (non-hydrogen) atoms. The molecule has 0 aliphatic carbocycles. The summed E-state index contributed by atoms with van der Waals surface area (Å²) in [4.78, 5) is 14.7. The minimum absolute atomic E-state index is 0.0361. The number of carbonyl (C=O) groups is 1. The lowest BCUT2D eigenvalue weighted by atomic mass is 10.1. The number of benzene rings is 1. The number of aromatic nitrogens is 1. The lowest BCUT2D eigenvalue weighted by Gasteiger charge is -2.05. The third kappa shape index (κ3) is 3.48. The number of hydrogen-bond acceptors (Lipinski definition) is 1. The molecule has 1 amide bonds. The van der Waals surface area contributed by atoms with Crippen LogP contribution in [-0.4, -0.2) is 10.9 Å². The molecule has 0 atom stereocenters. The zero-order valence-corrected chi connectivity index (χ0v) is 9.86. The van der Waals surface area contributed by atoms with Gasteiger partial charge in [0.25, 0.3) is 0 Å². The standard InChI is InChI=1S/C14H16N2O/c1-11-4-2-5-12(8-11)10-16-14(17)9-13-6-3-7-15-13/h2-8,15H,9-10H2,1H3,(H,16,17). The maximum atomic E-state index is 11.6. The zero-order chi connectivity index (χ0) is 12.1. The van der Waals surface area contributed by atoms with Gasteiger partial charge in [-0.15, -0.1) is 0 Å². The predicted molar refractivity (Wildman–Crippen MR) is 67.5 cm³/mol. The van der Waals surface area contributed by atoms with E-state index in [0.717, 1.165) is 11.3 Å². The van der Waals surface area contributed by atoms with E-state index in [1.807, 2.05) is 43.5 Å². The first-order chi connectivity index (χ1) is 8.24. The third-order valence-electron chi connectivity index (χ3n) is 2.59. The summed E-state index contributed by atoms with van der Waals surface area (Å²) in [5, 5.41) is 2.91. The second kappa shape index (κ2) is 5.34. The fourth-order valence-corrected chi connectivity index (χ4v) is 1.74. The molecule has 0 saturated carbocycles. The van der Waals surface area contributed by atoms with Gasteiger partial charge < -0.3 is 10.3 Å². The molecular weight excluding hydrogens is 212 g/mol. The summed E-state index contributed by atoms with van der Waals surface area (Å²) >= 11 is 0. The SMILES string of the molecule is Cc1cccc(CNC(=O)Cc2ccc[nH]2)c1. The van der Waals surface area contributed by atoms with Gasteiger partial charge in [0.05, 0.1) is 6.42 Å². The highest BCUT2D eigenvalue weighted by atomic mass is 16.1. The van der Waals surface area contributed by atoms with Gasteiger partial charge in [-0.25, -0.2) is 0 Å². The van der Waals surface area contributed by atoms with E-state index in [1.54, 1.807) is 0 Å². The van der Waals surface area contributed by atoms with Crippen LogP contribution >= 0.6 is 0 Å². The van der Waals surface area contributed by atoms with Crippen molar-refractivity contribution in [1.82, 2.24) is 10.3 Å². The third-order valence-corrected chi connectivity index (χ3v) is 2.59. The number of carbonyl (C=O) groups excluding carboxylic acids is 1. The fraction of sp³-hybridized carbons (Fsp3) is 0.214. The summed E-state index contributed by atoms with van der Waals surface area (Å²) in [7, 11) is 0. The van der Waals surface area contributed by atoms with Gasteiger partial charge in [-0.05, 0) is 24.6 Å². The van der Waals surface area contributed by atoms with Crippen molar-refractivity contribution in [2.45, 2.75) is 19.9 Å². The Morgan fingerprint density at radius 2 is 2.18 bits per heavy atom. The number of hydrogen-bond donors (Lipinski definition) is 2. The van der Waals surface area contributed by atoms with E-state index in [9.17, 15) is 4.79 Å². The summed E-state index contributed by atoms with van der Waals surface area (Å²) in [6.07, 6.45) is 2.22. The molecule has 1 aromatic carbocycles. The van der Waals surface area contributed by atoms with Crippen molar-refractivity contribution in [1.29, 1.82) is 0 Å². The first-order valence-electron chi connectivity index (χ1n) is 5.68. The average Bonchev–Trinajstić information content (AvgIpc) is 2.79. The number of H-pyrrole nitrogens is 1. The lowest BCUT2D eigenvalue weighted by molar-refractivity contribution is -0.120. The van der Waals surface area contributed by atoms with Gasteiger partial charge >= 0.3 is 0 Å². The molecule has 0 spiro atoms. The highest BCUT2D eigenvalue weighted by Crippen LogP contribution is 2.03. The minimum Gasteiger partial charge on any atom is -0.365 e. The maximum absolute atomic E-state index is 11.6. The second-order valence-electron chi connectivity index (χ2n) is 4.14. The molecule has 1 aromatic heterocycles. The van der Waals surface area contributed by atoms with Crippen molar-refractivity contribution >= 4 is 5.91 Å². The van der Waals surface area contributed by atoms with Crippen LogP contribution in [0.15, 0.2) is 42.6 Å². The summed E-state index contributed by atoms with van der Waals surface area (Å²) in [6.45, 7) is 2.63. The van der Waals surface area contributed by atoms with Crippen LogP contribution in [0.4, 0.5) is 0 Å². The number of aryl methyl sites for hydroxylation is 1. The van der Waals surface area contributed by atoms with Crippen molar-refractivity contribution in [2.75, 3.05) is 0 Å². The number of nitrogens with one attached hydrogen (secondary N) is 2. The van der Waals surface area contributed by atoms with E-state index in [2.05, 4.69) is 16.4 Å². The van der Waals surface area contributed by atoms with Crippen LogP contribution in [0, 0.1) is 6.92 Å². The molecular formula is C14H16N2O. The zero-order valence-electron chi connectivity index (χ0n) is 9.86. The van der Waals surface area contributed by atoms with Crippen molar-refractivity contribution in [3.63, 3.8) is 0 Å². The fourth-order valence-electron chi connectivity index (χ4n) is 1.74. The average molecular weight is 228 g/mol. The van der Waals surface area contributed by atoms with Gasteiger partial charge in [0.2, 0.25) is 5.91 Å². The molecule has 0 aliphatic rings. The molecule has 3 nitrogen and oxygen atoms in total. The Morgan fingerprint density at radius 1 is 1.29 bits per heavy atom. The summed E-state index contributed by atoms with van der Waals surface area (Å²) < 4.78 is 0. The van der Waals surface area contributed by atoms with Crippen molar-refractivity contribution in [3.8, 4) is 0 Å². The molecule has 2 rings (SSSR count). The monoisotopic (exact) mass is 228 g/mol. The predicted octanol–water partition coefficient (Wildman–Crippen LogP) is 2.18. The van der Waals surface area contributed by atoms with Gasteiger partial charge in [0, 0.05) is 18.4 Å². The van der Waals surface area contributed by atoms with E-state index in [0.29, 0.717) is 13.0 Å². The molecule has 1 heterocycles. The molecule has 3 heteroatoms. The Labute approximate surface area is 101 Å². The largest absolute Gasteiger partial charge is 0.365 e. The molecule has 2 N–H and O–H groups in total. The van der Waals surface area contributed by atoms with Crippen LogP contribution in [0.3, 0.4) is 0 Å². The van der Waals surface area contributed by atoms with E-state index in [-0.39, 0.29) is 5.91 Å². The molecule has 0 unspecified atom stereocenters. The lowest BCUT2D eigenvalue weighted by Crippen LogP contribution is -2.24. The number of amides is 1. The smallest absolute Gasteiger partial charge is 0.226 e. The number of rotatable bonds is 4. The van der Waals surface area contributed by atoms with E-state index >= 15 is 0 Å². The number of aromatic amines is 1. The van der Waals surface area contributed by atoms with Crippen LogP contribution in [0.2, 0.25) is 0 Å². The molecule has 0 aliphatic heterocycles. The normalized spacial score (nSPS) is 10.2. The molecule has 88 valence electrons. The van der Waals surface area contributed by atoms with Crippen LogP contribution in [-0.2, 0) is 17.8 Å².